The van der Waals surface area contributed by atoms with E-state index in [1.54, 1.807) is 24.3 Å². The summed E-state index contributed by atoms with van der Waals surface area (Å²) in [5.74, 6) is -0.466. The van der Waals surface area contributed by atoms with Crippen LogP contribution in [0.2, 0.25) is 10.0 Å². The maximum absolute atomic E-state index is 12.8. The summed E-state index contributed by atoms with van der Waals surface area (Å²) in [6, 6.07) is 13.7. The van der Waals surface area contributed by atoms with Crippen molar-refractivity contribution in [2.75, 3.05) is 16.6 Å². The Hall–Kier alpha value is -2.95. The van der Waals surface area contributed by atoms with Gasteiger partial charge in [0.2, 0.25) is 0 Å². The first-order valence-electron chi connectivity index (χ1n) is 9.12. The van der Waals surface area contributed by atoms with E-state index in [9.17, 15) is 26.4 Å². The Bertz CT molecular complexity index is 1280. The number of nitrogens with one attached hydrogen (secondary N) is 2. The number of anilines is 2. The number of hydrogen-bond donors (Lipinski definition) is 2. The molecule has 0 atom stereocenters. The minimum atomic E-state index is -4.62. The molecule has 0 aliphatic carbocycles. The first kappa shape index (κ1) is 24.7. The number of alkyl halides is 3. The first-order valence-corrected chi connectivity index (χ1v) is 11.4. The van der Waals surface area contributed by atoms with Crippen LogP contribution >= 0.6 is 23.2 Å². The molecule has 2 N–H and O–H groups in total. The Kier molecular flexibility index (Phi) is 7.41. The van der Waals surface area contributed by atoms with E-state index in [0.29, 0.717) is 16.8 Å². The SMILES string of the molecule is O=C(COc1ccc(S(=O)(=O)Nc2cccc(C(F)(F)F)c2)cc1Cl)Nc1cccc(Cl)c1. The number of sulfonamides is 1. The lowest BCUT2D eigenvalue weighted by Crippen LogP contribution is -2.20. The standard InChI is InChI=1S/C21H15Cl2F3N2O4S/c22-14-4-2-5-15(10-14)27-20(29)12-32-19-8-7-17(11-18(19)23)33(30,31)28-16-6-1-3-13(9-16)21(24,25)26/h1-11,28H,12H2,(H,27,29). The van der Waals surface area contributed by atoms with Crippen molar-refractivity contribution < 1.29 is 31.1 Å². The third-order valence-corrected chi connectivity index (χ3v) is 6.03. The van der Waals surface area contributed by atoms with E-state index in [1.165, 1.54) is 12.1 Å². The Morgan fingerprint density at radius 3 is 2.30 bits per heavy atom. The summed E-state index contributed by atoms with van der Waals surface area (Å²) in [5.41, 5.74) is -0.802. The Balaban J connectivity index is 1.67. The Morgan fingerprint density at radius 1 is 0.939 bits per heavy atom. The van der Waals surface area contributed by atoms with Crippen LogP contribution in [-0.2, 0) is 21.0 Å². The van der Waals surface area contributed by atoms with Gasteiger partial charge in [0.25, 0.3) is 15.9 Å². The van der Waals surface area contributed by atoms with Crippen molar-refractivity contribution in [1.82, 2.24) is 0 Å². The van der Waals surface area contributed by atoms with Gasteiger partial charge in [0, 0.05) is 16.4 Å². The van der Waals surface area contributed by atoms with Crippen LogP contribution in [0.25, 0.3) is 0 Å². The molecule has 33 heavy (non-hydrogen) atoms. The van der Waals surface area contributed by atoms with Crippen LogP contribution in [0.15, 0.2) is 71.6 Å². The number of carbonyl (C=O) groups excluding carboxylic acids is 1. The molecule has 3 aromatic rings. The number of rotatable bonds is 7. The maximum atomic E-state index is 12.8. The fourth-order valence-electron chi connectivity index (χ4n) is 2.65. The highest BCUT2D eigenvalue weighted by Gasteiger charge is 2.30. The fraction of sp³-hybridized carbons (Fsp3) is 0.0952. The van der Waals surface area contributed by atoms with E-state index < -0.39 is 34.3 Å². The zero-order chi connectivity index (χ0) is 24.2. The molecule has 12 heteroatoms. The molecule has 3 aromatic carbocycles. The van der Waals surface area contributed by atoms with E-state index >= 15 is 0 Å². The van der Waals surface area contributed by atoms with E-state index in [0.717, 1.165) is 24.3 Å². The normalized spacial score (nSPS) is 11.7. The Labute approximate surface area is 197 Å². The van der Waals surface area contributed by atoms with Gasteiger partial charge < -0.3 is 10.1 Å². The molecule has 6 nitrogen and oxygen atoms in total. The zero-order valence-corrected chi connectivity index (χ0v) is 18.8. The highest BCUT2D eigenvalue weighted by atomic mass is 35.5. The highest BCUT2D eigenvalue weighted by Crippen LogP contribution is 2.32. The van der Waals surface area contributed by atoms with Crippen molar-refractivity contribution in [2.45, 2.75) is 11.1 Å². The maximum Gasteiger partial charge on any atom is 0.416 e. The topological polar surface area (TPSA) is 84.5 Å². The van der Waals surface area contributed by atoms with Crippen molar-refractivity contribution in [3.05, 3.63) is 82.3 Å². The second-order valence-corrected chi connectivity index (χ2v) is 9.15. The molecule has 0 fully saturated rings. The summed E-state index contributed by atoms with van der Waals surface area (Å²) in [5, 5.41) is 2.90. The lowest BCUT2D eigenvalue weighted by molar-refractivity contribution is -0.137. The second-order valence-electron chi connectivity index (χ2n) is 6.62. The average Bonchev–Trinajstić information content (AvgIpc) is 2.72. The van der Waals surface area contributed by atoms with Crippen LogP contribution in [0.4, 0.5) is 24.5 Å². The molecule has 1 amide bonds. The highest BCUT2D eigenvalue weighted by molar-refractivity contribution is 7.92. The molecule has 0 aromatic heterocycles. The summed E-state index contributed by atoms with van der Waals surface area (Å²) < 4.78 is 71.1. The molecular weight excluding hydrogens is 504 g/mol. The fourth-order valence-corrected chi connectivity index (χ4v) is 4.21. The summed E-state index contributed by atoms with van der Waals surface area (Å²) in [7, 11) is -4.24. The van der Waals surface area contributed by atoms with E-state index in [2.05, 4.69) is 10.0 Å². The number of benzene rings is 3. The molecular formula is C21H15Cl2F3N2O4S. The summed E-state index contributed by atoms with van der Waals surface area (Å²) in [6.07, 6.45) is -4.62. The van der Waals surface area contributed by atoms with Crippen LogP contribution in [0.3, 0.4) is 0 Å². The zero-order valence-electron chi connectivity index (χ0n) is 16.5. The van der Waals surface area contributed by atoms with Crippen LogP contribution in [0, 0.1) is 0 Å². The summed E-state index contributed by atoms with van der Waals surface area (Å²) in [6.45, 7) is -0.416. The lowest BCUT2D eigenvalue weighted by atomic mass is 10.2. The van der Waals surface area contributed by atoms with Crippen molar-refractivity contribution in [3.8, 4) is 5.75 Å². The molecule has 174 valence electrons. The summed E-state index contributed by atoms with van der Waals surface area (Å²) in [4.78, 5) is 11.7. The molecule has 0 unspecified atom stereocenters. The Morgan fingerprint density at radius 2 is 1.64 bits per heavy atom. The van der Waals surface area contributed by atoms with Crippen molar-refractivity contribution in [3.63, 3.8) is 0 Å². The predicted molar refractivity (Wildman–Crippen MR) is 119 cm³/mol. The average molecular weight is 519 g/mol. The van der Waals surface area contributed by atoms with Crippen LogP contribution in [0.1, 0.15) is 5.56 Å². The molecule has 0 aliphatic rings. The van der Waals surface area contributed by atoms with Crippen LogP contribution < -0.4 is 14.8 Å². The van der Waals surface area contributed by atoms with Gasteiger partial charge in [0.1, 0.15) is 5.75 Å². The second kappa shape index (κ2) is 9.90. The van der Waals surface area contributed by atoms with E-state index in [4.69, 9.17) is 27.9 Å². The van der Waals surface area contributed by atoms with Crippen LogP contribution in [0.5, 0.6) is 5.75 Å². The lowest BCUT2D eigenvalue weighted by Gasteiger charge is -2.13. The number of carbonyl (C=O) groups is 1. The molecule has 0 saturated carbocycles. The van der Waals surface area contributed by atoms with Gasteiger partial charge in [-0.2, -0.15) is 13.2 Å². The van der Waals surface area contributed by atoms with E-state index in [-0.39, 0.29) is 21.4 Å². The van der Waals surface area contributed by atoms with Gasteiger partial charge >= 0.3 is 6.18 Å². The third kappa shape index (κ3) is 6.77. The molecule has 0 saturated heterocycles. The molecule has 0 radical (unpaired) electrons. The van der Waals surface area contributed by atoms with Crippen molar-refractivity contribution >= 4 is 50.5 Å². The third-order valence-electron chi connectivity index (χ3n) is 4.12. The largest absolute Gasteiger partial charge is 0.482 e. The predicted octanol–water partition coefficient (Wildman–Crippen LogP) is 5.83. The van der Waals surface area contributed by atoms with Crippen molar-refractivity contribution in [2.24, 2.45) is 0 Å². The monoisotopic (exact) mass is 518 g/mol. The number of halogens is 5. The molecule has 3 rings (SSSR count). The van der Waals surface area contributed by atoms with Crippen molar-refractivity contribution in [1.29, 1.82) is 0 Å². The first-order chi connectivity index (χ1) is 15.4. The quantitative estimate of drug-likeness (QED) is 0.412. The number of hydrogen-bond acceptors (Lipinski definition) is 4. The van der Waals surface area contributed by atoms with Gasteiger partial charge in [-0.3, -0.25) is 9.52 Å². The van der Waals surface area contributed by atoms with Gasteiger partial charge in [-0.15, -0.1) is 0 Å². The molecule has 0 bridgehead atoms. The summed E-state index contributed by atoms with van der Waals surface area (Å²) >= 11 is 11.9. The van der Waals surface area contributed by atoms with Gasteiger partial charge in [-0.1, -0.05) is 35.3 Å². The number of amides is 1. The van der Waals surface area contributed by atoms with Gasteiger partial charge in [0.15, 0.2) is 6.61 Å². The minimum absolute atomic E-state index is 0.0379. The van der Waals surface area contributed by atoms with Gasteiger partial charge in [-0.05, 0) is 54.6 Å². The molecule has 0 heterocycles. The smallest absolute Gasteiger partial charge is 0.416 e. The van der Waals surface area contributed by atoms with E-state index in [1.807, 2.05) is 0 Å². The van der Waals surface area contributed by atoms with Gasteiger partial charge in [-0.25, -0.2) is 8.42 Å². The molecule has 0 aliphatic heterocycles. The van der Waals surface area contributed by atoms with Crippen LogP contribution in [-0.4, -0.2) is 20.9 Å². The minimum Gasteiger partial charge on any atom is -0.482 e. The molecule has 0 spiro atoms. The number of ether oxygens (including phenoxy) is 1. The van der Waals surface area contributed by atoms with Gasteiger partial charge in [0.05, 0.1) is 15.5 Å².